The Kier molecular flexibility index (Phi) is 11.9. The molecule has 2 aliphatic heterocycles. The molecule has 1 unspecified atom stereocenters. The van der Waals surface area contributed by atoms with E-state index in [0.29, 0.717) is 48.7 Å². The number of sulfonamides is 1. The topological polar surface area (TPSA) is 129 Å². The Hall–Kier alpha value is -4.27. The molecule has 0 radical (unpaired) electrons. The van der Waals surface area contributed by atoms with Crippen LogP contribution < -0.4 is 14.4 Å². The Labute approximate surface area is 312 Å². The molecule has 4 aromatic carbocycles. The average molecular weight is 763 g/mol. The summed E-state index contributed by atoms with van der Waals surface area (Å²) in [6.45, 7) is 2.58. The standard InChI is InChI=1S/C40H46N2O9S2/c1-28-11-18-33(19-12-28)53(46,47)42-25-38(34(29-13-16-32(49-3)17-14-29)24-35(42)30-9-6-5-7-10-30)51-39(27-52(4,44)45)31-15-20-37-36(23-31)41(21-8-22-48-2)40(43)26-50-37/h5-7,9-20,23,34-35,38-39H,8,21-22,24-27H2,1-4H3/t34-,35+,38+,39?/m1/s1. The monoisotopic (exact) mass is 762 g/mol. The van der Waals surface area contributed by atoms with Gasteiger partial charge >= 0.3 is 0 Å². The van der Waals surface area contributed by atoms with Crippen LogP contribution in [0, 0.1) is 6.92 Å². The second-order valence-corrected chi connectivity index (χ2v) is 17.7. The lowest BCUT2D eigenvalue weighted by Crippen LogP contribution is -2.49. The number of hydrogen-bond donors (Lipinski definition) is 0. The largest absolute Gasteiger partial charge is 0.497 e. The second-order valence-electron chi connectivity index (χ2n) is 13.6. The summed E-state index contributed by atoms with van der Waals surface area (Å²) >= 11 is 0. The van der Waals surface area contributed by atoms with Gasteiger partial charge < -0.3 is 23.8 Å². The Morgan fingerprint density at radius 2 is 1.60 bits per heavy atom. The van der Waals surface area contributed by atoms with Crippen molar-refractivity contribution >= 4 is 31.5 Å². The third kappa shape index (κ3) is 8.93. The molecule has 4 aromatic rings. The lowest BCUT2D eigenvalue weighted by Gasteiger charge is -2.44. The number of aryl methyl sites for hydroxylation is 1. The molecule has 6 rings (SSSR count). The molecule has 0 spiro atoms. The number of ether oxygens (including phenoxy) is 4. The number of carbonyl (C=O) groups excluding carboxylic acids is 1. The maximum Gasteiger partial charge on any atom is 0.265 e. The van der Waals surface area contributed by atoms with Crippen LogP contribution >= 0.6 is 0 Å². The first-order valence-corrected chi connectivity index (χ1v) is 21.0. The first kappa shape index (κ1) is 38.5. The van der Waals surface area contributed by atoms with Crippen LogP contribution in [-0.2, 0) is 34.1 Å². The summed E-state index contributed by atoms with van der Waals surface area (Å²) in [7, 11) is -4.49. The Balaban J connectivity index is 1.44. The van der Waals surface area contributed by atoms with E-state index in [1.165, 1.54) is 4.31 Å². The summed E-state index contributed by atoms with van der Waals surface area (Å²) in [5, 5.41) is 0. The average Bonchev–Trinajstić information content (AvgIpc) is 3.15. The molecule has 4 atom stereocenters. The molecule has 11 nitrogen and oxygen atoms in total. The third-order valence-electron chi connectivity index (χ3n) is 9.81. The van der Waals surface area contributed by atoms with Crippen molar-refractivity contribution in [1.82, 2.24) is 4.31 Å². The molecule has 53 heavy (non-hydrogen) atoms. The van der Waals surface area contributed by atoms with Crippen molar-refractivity contribution in [3.8, 4) is 11.5 Å². The van der Waals surface area contributed by atoms with Gasteiger partial charge in [0.2, 0.25) is 10.0 Å². The van der Waals surface area contributed by atoms with Gasteiger partial charge in [0, 0.05) is 39.0 Å². The summed E-state index contributed by atoms with van der Waals surface area (Å²) in [5.74, 6) is 0.232. The highest BCUT2D eigenvalue weighted by molar-refractivity contribution is 7.90. The minimum Gasteiger partial charge on any atom is -0.497 e. The van der Waals surface area contributed by atoms with Crippen LogP contribution in [0.4, 0.5) is 5.69 Å². The van der Waals surface area contributed by atoms with E-state index in [1.54, 1.807) is 61.6 Å². The van der Waals surface area contributed by atoms with Crippen molar-refractivity contribution in [2.75, 3.05) is 57.4 Å². The van der Waals surface area contributed by atoms with Gasteiger partial charge in [-0.3, -0.25) is 4.79 Å². The fourth-order valence-corrected chi connectivity index (χ4v) is 9.56. The van der Waals surface area contributed by atoms with Crippen molar-refractivity contribution < 1.29 is 40.6 Å². The van der Waals surface area contributed by atoms with E-state index in [1.807, 2.05) is 61.5 Å². The van der Waals surface area contributed by atoms with E-state index in [0.717, 1.165) is 22.9 Å². The van der Waals surface area contributed by atoms with Crippen LogP contribution in [0.25, 0.3) is 0 Å². The van der Waals surface area contributed by atoms with E-state index < -0.39 is 38.1 Å². The molecule has 0 N–H and O–H groups in total. The highest BCUT2D eigenvalue weighted by Crippen LogP contribution is 2.45. The van der Waals surface area contributed by atoms with Gasteiger partial charge in [-0.2, -0.15) is 4.31 Å². The van der Waals surface area contributed by atoms with Gasteiger partial charge in [-0.25, -0.2) is 16.8 Å². The lowest BCUT2D eigenvalue weighted by molar-refractivity contribution is -0.121. The summed E-state index contributed by atoms with van der Waals surface area (Å²) < 4.78 is 80.0. The molecule has 0 aromatic heterocycles. The third-order valence-corrected chi connectivity index (χ3v) is 12.6. The molecule has 1 fully saturated rings. The maximum absolute atomic E-state index is 14.6. The summed E-state index contributed by atoms with van der Waals surface area (Å²) in [6.07, 6.45) is 0.317. The summed E-state index contributed by atoms with van der Waals surface area (Å²) in [4.78, 5) is 14.8. The van der Waals surface area contributed by atoms with Gasteiger partial charge in [-0.15, -0.1) is 0 Å². The van der Waals surface area contributed by atoms with Crippen LogP contribution in [0.3, 0.4) is 0 Å². The van der Waals surface area contributed by atoms with E-state index in [4.69, 9.17) is 18.9 Å². The van der Waals surface area contributed by atoms with Crippen LogP contribution in [0.1, 0.15) is 53.2 Å². The molecular formula is C40H46N2O9S2. The van der Waals surface area contributed by atoms with Gasteiger partial charge in [0.15, 0.2) is 6.61 Å². The summed E-state index contributed by atoms with van der Waals surface area (Å²) in [5.41, 5.74) is 3.70. The van der Waals surface area contributed by atoms with Crippen molar-refractivity contribution in [1.29, 1.82) is 0 Å². The molecule has 1 saturated heterocycles. The Morgan fingerprint density at radius 3 is 2.26 bits per heavy atom. The van der Waals surface area contributed by atoms with Gasteiger partial charge in [-0.1, -0.05) is 66.2 Å². The minimum absolute atomic E-state index is 0.0532. The fourth-order valence-electron chi connectivity index (χ4n) is 7.10. The number of carbonyl (C=O) groups is 1. The molecule has 2 heterocycles. The molecule has 0 saturated carbocycles. The number of rotatable bonds is 14. The molecule has 1 amide bonds. The van der Waals surface area contributed by atoms with E-state index in [-0.39, 0.29) is 35.6 Å². The van der Waals surface area contributed by atoms with Gasteiger partial charge in [0.25, 0.3) is 5.91 Å². The first-order valence-electron chi connectivity index (χ1n) is 17.5. The number of fused-ring (bicyclic) bond motifs is 1. The number of anilines is 1. The van der Waals surface area contributed by atoms with E-state index >= 15 is 0 Å². The highest BCUT2D eigenvalue weighted by atomic mass is 32.2. The zero-order valence-electron chi connectivity index (χ0n) is 30.4. The number of benzene rings is 4. The zero-order valence-corrected chi connectivity index (χ0v) is 32.0. The van der Waals surface area contributed by atoms with Crippen LogP contribution in [-0.4, -0.2) is 85.7 Å². The minimum atomic E-state index is -4.05. The Bertz CT molecular complexity index is 2090. The number of hydrogen-bond acceptors (Lipinski definition) is 9. The van der Waals surface area contributed by atoms with Gasteiger partial charge in [0.05, 0.1) is 41.7 Å². The number of nitrogens with zero attached hydrogens (tertiary/aromatic N) is 2. The van der Waals surface area contributed by atoms with Gasteiger partial charge in [-0.05, 0) is 72.9 Å². The summed E-state index contributed by atoms with van der Waals surface area (Å²) in [6, 6.07) is 28.5. The second kappa shape index (κ2) is 16.4. The van der Waals surface area contributed by atoms with Crippen molar-refractivity contribution in [2.24, 2.45) is 0 Å². The lowest BCUT2D eigenvalue weighted by atomic mass is 9.82. The van der Waals surface area contributed by atoms with E-state index in [9.17, 15) is 21.6 Å². The SMILES string of the molecule is COCCCN1C(=O)COc2ccc(C(CS(C)(=O)=O)O[C@H]3CN(S(=O)(=O)c4ccc(C)cc4)[C@H](c4ccccc4)C[C@@H]3c3ccc(OC)cc3)cc21. The first-order chi connectivity index (χ1) is 25.4. The fraction of sp³-hybridized carbons (Fsp3) is 0.375. The number of piperidine rings is 1. The maximum atomic E-state index is 14.6. The quantitative estimate of drug-likeness (QED) is 0.145. The molecular weight excluding hydrogens is 717 g/mol. The van der Waals surface area contributed by atoms with Crippen LogP contribution in [0.2, 0.25) is 0 Å². The molecule has 13 heteroatoms. The Morgan fingerprint density at radius 1 is 0.887 bits per heavy atom. The zero-order chi connectivity index (χ0) is 37.8. The highest BCUT2D eigenvalue weighted by Gasteiger charge is 2.45. The number of methoxy groups -OCH3 is 2. The molecule has 2 aliphatic rings. The molecule has 0 bridgehead atoms. The van der Waals surface area contributed by atoms with Crippen LogP contribution in [0.5, 0.6) is 11.5 Å². The predicted molar refractivity (Wildman–Crippen MR) is 203 cm³/mol. The van der Waals surface area contributed by atoms with E-state index in [2.05, 4.69) is 0 Å². The number of sulfone groups is 1. The normalized spacial score (nSPS) is 20.0. The van der Waals surface area contributed by atoms with Crippen molar-refractivity contribution in [2.45, 2.75) is 48.8 Å². The number of amides is 1. The van der Waals surface area contributed by atoms with Crippen molar-refractivity contribution in [3.63, 3.8) is 0 Å². The molecule has 0 aliphatic carbocycles. The van der Waals surface area contributed by atoms with Crippen LogP contribution in [0.15, 0.2) is 102 Å². The van der Waals surface area contributed by atoms with Crippen molar-refractivity contribution in [3.05, 3.63) is 119 Å². The molecule has 282 valence electrons. The predicted octanol–water partition coefficient (Wildman–Crippen LogP) is 5.86. The smallest absolute Gasteiger partial charge is 0.265 e. The van der Waals surface area contributed by atoms with Gasteiger partial charge in [0.1, 0.15) is 21.3 Å².